The lowest BCUT2D eigenvalue weighted by atomic mass is 10.1. The third-order valence-electron chi connectivity index (χ3n) is 2.01. The summed E-state index contributed by atoms with van der Waals surface area (Å²) in [7, 11) is -10.2. The van der Waals surface area contributed by atoms with Crippen molar-refractivity contribution in [3.05, 3.63) is 0 Å². The van der Waals surface area contributed by atoms with Crippen LogP contribution in [-0.2, 0) is 22.7 Å². The maximum Gasteiger partial charge on any atom is 0.481 e. The number of phosphoric ester groups is 1. The van der Waals surface area contributed by atoms with Gasteiger partial charge in [0.2, 0.25) is 0 Å². The van der Waals surface area contributed by atoms with Gasteiger partial charge in [0, 0.05) is 0 Å². The number of aliphatic hydroxyl groups is 2. The Balaban J connectivity index is 2.51. The lowest BCUT2D eigenvalue weighted by molar-refractivity contribution is -0.0196. The summed E-state index contributed by atoms with van der Waals surface area (Å²) >= 11 is 0. The number of aliphatic hydroxyl groups excluding tert-OH is 2. The first-order valence-electron chi connectivity index (χ1n) is 4.53. The summed E-state index contributed by atoms with van der Waals surface area (Å²) in [5.74, 6) is 0. The monoisotopic (exact) mass is 309 g/mol. The van der Waals surface area contributed by atoms with E-state index in [1.165, 1.54) is 0 Å². The molecule has 0 bridgehead atoms. The maximum absolute atomic E-state index is 11.0. The predicted octanol–water partition coefficient (Wildman–Crippen LogP) is -2.38. The zero-order chi connectivity index (χ0) is 14.1. The minimum atomic E-state index is -5.20. The molecule has 0 aliphatic carbocycles. The molecule has 11 nitrogen and oxygen atoms in total. The van der Waals surface area contributed by atoms with E-state index >= 15 is 0 Å². The molecule has 0 aromatic carbocycles. The molecule has 0 saturated carbocycles. The molecule has 0 aromatic heterocycles. The van der Waals surface area contributed by atoms with Crippen molar-refractivity contribution in [1.82, 2.24) is 0 Å². The van der Waals surface area contributed by atoms with Crippen LogP contribution in [0.25, 0.3) is 0 Å². The van der Waals surface area contributed by atoms with Crippen LogP contribution in [0.3, 0.4) is 0 Å². The molecular formula is C5H13NO10P2. The third-order valence-corrected chi connectivity index (χ3v) is 4.16. The second-order valence-corrected chi connectivity index (χ2v) is 6.29. The standard InChI is InChI=1S/C5H13NO10P2/c6-5-4(8)3(7)2(15-5)1-14-18(12,13)16-17(9,10)11/h2-5,7-8H,1,6H2,(H,12,13)(H2,9,10,11)/t2-,3-,4-,5-/m1/s1. The Morgan fingerprint density at radius 2 is 1.72 bits per heavy atom. The topological polar surface area (TPSA) is 189 Å². The van der Waals surface area contributed by atoms with Crippen molar-refractivity contribution in [1.29, 1.82) is 0 Å². The molecule has 1 rings (SSSR count). The number of nitrogens with two attached hydrogens (primary N) is 1. The highest BCUT2D eigenvalue weighted by molar-refractivity contribution is 7.60. The fourth-order valence-corrected chi connectivity index (χ4v) is 2.84. The van der Waals surface area contributed by atoms with Crippen molar-refractivity contribution in [2.45, 2.75) is 24.5 Å². The number of ether oxygens (including phenoxy) is 1. The van der Waals surface area contributed by atoms with Crippen LogP contribution in [0.4, 0.5) is 0 Å². The molecule has 1 aliphatic heterocycles. The van der Waals surface area contributed by atoms with Crippen molar-refractivity contribution in [2.75, 3.05) is 6.61 Å². The van der Waals surface area contributed by atoms with Gasteiger partial charge in [0.15, 0.2) is 0 Å². The van der Waals surface area contributed by atoms with Gasteiger partial charge in [-0.3, -0.25) is 4.52 Å². The molecule has 13 heteroatoms. The van der Waals surface area contributed by atoms with Crippen LogP contribution in [0, 0.1) is 0 Å². The van der Waals surface area contributed by atoms with Crippen LogP contribution >= 0.6 is 15.6 Å². The van der Waals surface area contributed by atoms with E-state index in [1.807, 2.05) is 0 Å². The van der Waals surface area contributed by atoms with Gasteiger partial charge in [-0.2, -0.15) is 4.31 Å². The quantitative estimate of drug-likeness (QED) is 0.297. The molecule has 0 aromatic rings. The van der Waals surface area contributed by atoms with Gasteiger partial charge in [-0.25, -0.2) is 9.13 Å². The highest BCUT2D eigenvalue weighted by Crippen LogP contribution is 2.57. The number of phosphoric acid groups is 2. The molecule has 1 unspecified atom stereocenters. The van der Waals surface area contributed by atoms with E-state index in [0.29, 0.717) is 0 Å². The molecule has 7 N–H and O–H groups in total. The summed E-state index contributed by atoms with van der Waals surface area (Å²) in [6.45, 7) is -0.750. The van der Waals surface area contributed by atoms with Crippen LogP contribution in [0.5, 0.6) is 0 Å². The van der Waals surface area contributed by atoms with Gasteiger partial charge in [0.25, 0.3) is 0 Å². The van der Waals surface area contributed by atoms with Gasteiger partial charge in [-0.05, 0) is 0 Å². The lowest BCUT2D eigenvalue weighted by Crippen LogP contribution is -2.37. The van der Waals surface area contributed by atoms with Crippen LogP contribution in [0.1, 0.15) is 0 Å². The lowest BCUT2D eigenvalue weighted by Gasteiger charge is -2.17. The van der Waals surface area contributed by atoms with Gasteiger partial charge in [-0.15, -0.1) is 0 Å². The molecule has 0 amide bonds. The zero-order valence-corrected chi connectivity index (χ0v) is 10.6. The number of hydrogen-bond acceptors (Lipinski definition) is 8. The van der Waals surface area contributed by atoms with Crippen molar-refractivity contribution in [3.63, 3.8) is 0 Å². The molecule has 18 heavy (non-hydrogen) atoms. The van der Waals surface area contributed by atoms with Crippen molar-refractivity contribution in [3.8, 4) is 0 Å². The predicted molar refractivity (Wildman–Crippen MR) is 53.8 cm³/mol. The summed E-state index contributed by atoms with van der Waals surface area (Å²) in [5, 5.41) is 18.6. The largest absolute Gasteiger partial charge is 0.481 e. The van der Waals surface area contributed by atoms with E-state index in [4.69, 9.17) is 25.2 Å². The molecule has 1 aliphatic rings. The molecule has 0 radical (unpaired) electrons. The summed E-state index contributed by atoms with van der Waals surface area (Å²) in [5.41, 5.74) is 5.23. The van der Waals surface area contributed by atoms with E-state index in [9.17, 15) is 19.3 Å². The molecular weight excluding hydrogens is 296 g/mol. The maximum atomic E-state index is 11.0. The van der Waals surface area contributed by atoms with E-state index in [2.05, 4.69) is 8.83 Å². The van der Waals surface area contributed by atoms with Crippen LogP contribution in [0.15, 0.2) is 0 Å². The number of hydrogen-bond donors (Lipinski definition) is 6. The van der Waals surface area contributed by atoms with E-state index in [0.717, 1.165) is 0 Å². The van der Waals surface area contributed by atoms with Gasteiger partial charge in [-0.1, -0.05) is 0 Å². The van der Waals surface area contributed by atoms with Gasteiger partial charge >= 0.3 is 15.6 Å². The second kappa shape index (κ2) is 5.61. The Morgan fingerprint density at radius 1 is 1.17 bits per heavy atom. The Hall–Kier alpha value is 0.1000. The molecule has 0 spiro atoms. The Morgan fingerprint density at radius 3 is 2.11 bits per heavy atom. The normalized spacial score (nSPS) is 36.6. The van der Waals surface area contributed by atoms with E-state index in [-0.39, 0.29) is 0 Å². The van der Waals surface area contributed by atoms with Crippen LogP contribution in [0.2, 0.25) is 0 Å². The smallest absolute Gasteiger partial charge is 0.387 e. The first-order valence-corrected chi connectivity index (χ1v) is 7.56. The fraction of sp³-hybridized carbons (Fsp3) is 1.00. The first kappa shape index (κ1) is 16.2. The van der Waals surface area contributed by atoms with Crippen molar-refractivity contribution >= 4 is 15.6 Å². The van der Waals surface area contributed by atoms with Crippen molar-refractivity contribution < 1.29 is 47.6 Å². The highest BCUT2D eigenvalue weighted by Gasteiger charge is 2.42. The minimum absolute atomic E-state index is 0.750. The molecule has 1 saturated heterocycles. The summed E-state index contributed by atoms with van der Waals surface area (Å²) in [6, 6.07) is 0. The molecule has 1 fully saturated rings. The molecule has 5 atom stereocenters. The first-order chi connectivity index (χ1) is 8.02. The SMILES string of the molecule is N[C@@H]1O[C@H](COP(=O)(O)OP(=O)(O)O)[C@@H](O)[C@H]1O. The van der Waals surface area contributed by atoms with E-state index in [1.54, 1.807) is 0 Å². The van der Waals surface area contributed by atoms with Gasteiger partial charge in [0.05, 0.1) is 6.61 Å². The summed E-state index contributed by atoms with van der Waals surface area (Å²) in [4.78, 5) is 25.6. The van der Waals surface area contributed by atoms with Gasteiger partial charge < -0.3 is 35.4 Å². The fourth-order valence-electron chi connectivity index (χ4n) is 1.24. The minimum Gasteiger partial charge on any atom is -0.387 e. The number of rotatable bonds is 5. The molecule has 108 valence electrons. The van der Waals surface area contributed by atoms with E-state index < -0.39 is 46.8 Å². The Bertz CT molecular complexity index is 382. The van der Waals surface area contributed by atoms with Crippen LogP contribution in [-0.4, -0.2) is 56.0 Å². The van der Waals surface area contributed by atoms with Crippen molar-refractivity contribution in [2.24, 2.45) is 5.73 Å². The summed E-state index contributed by atoms with van der Waals surface area (Å²) < 4.78 is 33.9. The average Bonchev–Trinajstić information content (AvgIpc) is 2.39. The Kier molecular flexibility index (Phi) is 5.04. The van der Waals surface area contributed by atoms with Gasteiger partial charge in [0.1, 0.15) is 24.5 Å². The second-order valence-electron chi connectivity index (χ2n) is 3.46. The Labute approximate surface area is 101 Å². The average molecular weight is 309 g/mol. The van der Waals surface area contributed by atoms with Crippen LogP contribution < -0.4 is 5.73 Å². The molecule has 1 heterocycles. The highest BCUT2D eigenvalue weighted by atomic mass is 31.3. The third kappa shape index (κ3) is 4.65. The summed E-state index contributed by atoms with van der Waals surface area (Å²) in [6.07, 6.45) is -5.29. The zero-order valence-electron chi connectivity index (χ0n) is 8.77.